The highest BCUT2D eigenvalue weighted by Crippen LogP contribution is 2.23. The van der Waals surface area contributed by atoms with Crippen LogP contribution in [-0.2, 0) is 4.79 Å². The van der Waals surface area contributed by atoms with E-state index in [2.05, 4.69) is 45.1 Å². The number of carbonyl (C=O) groups is 1. The van der Waals surface area contributed by atoms with Gasteiger partial charge < -0.3 is 10.6 Å². The topological polar surface area (TPSA) is 46.3 Å². The van der Waals surface area contributed by atoms with Crippen molar-refractivity contribution in [2.45, 2.75) is 18.8 Å². The molecule has 2 unspecified atom stereocenters. The van der Waals surface area contributed by atoms with Crippen LogP contribution in [0.2, 0.25) is 0 Å². The van der Waals surface area contributed by atoms with E-state index in [0.29, 0.717) is 5.92 Å². The number of piperidine rings is 1. The number of benzene rings is 1. The van der Waals surface area contributed by atoms with Crippen molar-refractivity contribution < 1.29 is 4.79 Å². The lowest BCUT2D eigenvalue weighted by Gasteiger charge is -2.33. The van der Waals surface area contributed by atoms with Crippen LogP contribution in [0.3, 0.4) is 0 Å². The zero-order valence-corrected chi connectivity index (χ0v) is 12.7. The number of hydrogen-bond donors (Lipinski definition) is 1. The first kappa shape index (κ1) is 14.5. The molecule has 0 saturated carbocycles. The first-order valence-electron chi connectivity index (χ1n) is 6.83. The number of carbonyl (C=O) groups excluding carboxylic acids is 1. The molecule has 2 rings (SSSR count). The third kappa shape index (κ3) is 4.05. The van der Waals surface area contributed by atoms with Gasteiger partial charge >= 0.3 is 0 Å². The minimum absolute atomic E-state index is 0.0282. The normalized spacial score (nSPS) is 22.1. The van der Waals surface area contributed by atoms with Crippen molar-refractivity contribution in [2.24, 2.45) is 11.7 Å². The molecule has 1 aromatic carbocycles. The van der Waals surface area contributed by atoms with Crippen LogP contribution in [-0.4, -0.2) is 35.8 Å². The molecule has 2 N–H and O–H groups in total. The third-order valence-electron chi connectivity index (χ3n) is 3.84. The van der Waals surface area contributed by atoms with E-state index in [4.69, 9.17) is 5.73 Å². The highest BCUT2D eigenvalue weighted by Gasteiger charge is 2.25. The molecule has 0 radical (unpaired) electrons. The summed E-state index contributed by atoms with van der Waals surface area (Å²) in [6.07, 6.45) is 2.01. The molecule has 0 spiro atoms. The van der Waals surface area contributed by atoms with Crippen molar-refractivity contribution in [2.75, 3.05) is 25.0 Å². The lowest BCUT2D eigenvalue weighted by Crippen LogP contribution is -2.42. The molecule has 1 aliphatic rings. The number of primary amides is 1. The average Bonchev–Trinajstić information content (AvgIpc) is 2.46. The van der Waals surface area contributed by atoms with Gasteiger partial charge in [0, 0.05) is 24.3 Å². The molecule has 3 nitrogen and oxygen atoms in total. The van der Waals surface area contributed by atoms with Gasteiger partial charge in [0.05, 0.1) is 5.92 Å². The molecule has 1 heterocycles. The van der Waals surface area contributed by atoms with Gasteiger partial charge in [0.15, 0.2) is 0 Å². The summed E-state index contributed by atoms with van der Waals surface area (Å²) in [4.78, 5) is 13.7. The number of hydrogen-bond acceptors (Lipinski definition) is 2. The molecule has 1 aromatic rings. The van der Waals surface area contributed by atoms with Crippen molar-refractivity contribution in [1.29, 1.82) is 0 Å². The van der Waals surface area contributed by atoms with E-state index >= 15 is 0 Å². The van der Waals surface area contributed by atoms with Crippen LogP contribution in [0.1, 0.15) is 24.3 Å². The van der Waals surface area contributed by atoms with E-state index in [1.54, 1.807) is 0 Å². The second-order valence-corrected chi connectivity index (χ2v) is 5.91. The molecule has 1 amide bonds. The minimum atomic E-state index is -0.153. The number of rotatable bonds is 5. The van der Waals surface area contributed by atoms with Crippen molar-refractivity contribution in [3.8, 4) is 0 Å². The number of likely N-dealkylation sites (tertiary alicyclic amines) is 1. The van der Waals surface area contributed by atoms with Gasteiger partial charge in [-0.3, -0.25) is 4.79 Å². The lowest BCUT2D eigenvalue weighted by molar-refractivity contribution is -0.123. The van der Waals surface area contributed by atoms with Crippen LogP contribution < -0.4 is 5.73 Å². The Bertz CT molecular complexity index is 410. The second-order valence-electron chi connectivity index (χ2n) is 5.26. The summed E-state index contributed by atoms with van der Waals surface area (Å²) < 4.78 is 0. The Morgan fingerprint density at radius 1 is 1.42 bits per heavy atom. The fourth-order valence-corrected chi connectivity index (χ4v) is 3.31. The molecule has 4 heteroatoms. The van der Waals surface area contributed by atoms with E-state index in [1.165, 1.54) is 5.56 Å². The molecule has 0 bridgehead atoms. The van der Waals surface area contributed by atoms with Crippen molar-refractivity contribution in [3.63, 3.8) is 0 Å². The molecule has 1 saturated heterocycles. The summed E-state index contributed by atoms with van der Waals surface area (Å²) in [5.41, 5.74) is 6.78. The van der Waals surface area contributed by atoms with E-state index < -0.39 is 0 Å². The Morgan fingerprint density at radius 3 is 2.79 bits per heavy atom. The number of halogens is 1. The Balaban J connectivity index is 1.97. The summed E-state index contributed by atoms with van der Waals surface area (Å²) in [6.45, 7) is 2.87. The quantitative estimate of drug-likeness (QED) is 0.845. The van der Waals surface area contributed by atoms with Crippen LogP contribution in [0, 0.1) is 5.92 Å². The third-order valence-corrected chi connectivity index (χ3v) is 4.63. The summed E-state index contributed by atoms with van der Waals surface area (Å²) >= 11 is 3.61. The van der Waals surface area contributed by atoms with Gasteiger partial charge in [-0.15, -0.1) is 0 Å². The molecule has 19 heavy (non-hydrogen) atoms. The van der Waals surface area contributed by atoms with E-state index in [9.17, 15) is 4.79 Å². The molecule has 1 aliphatic heterocycles. The van der Waals surface area contributed by atoms with Crippen LogP contribution in [0.4, 0.5) is 0 Å². The van der Waals surface area contributed by atoms with Crippen LogP contribution >= 0.6 is 15.9 Å². The maximum Gasteiger partial charge on any atom is 0.221 e. The number of amides is 1. The van der Waals surface area contributed by atoms with Crippen molar-refractivity contribution >= 4 is 21.8 Å². The maximum atomic E-state index is 11.3. The molecule has 0 aliphatic carbocycles. The van der Waals surface area contributed by atoms with Gasteiger partial charge in [0.25, 0.3) is 0 Å². The minimum Gasteiger partial charge on any atom is -0.369 e. The number of nitrogens with two attached hydrogens (primary N) is 1. The SMILES string of the molecule is NC(=O)C1CCCN(CC(CBr)c2ccccc2)C1. The van der Waals surface area contributed by atoms with Gasteiger partial charge in [-0.1, -0.05) is 46.3 Å². The van der Waals surface area contributed by atoms with Crippen LogP contribution in [0.15, 0.2) is 30.3 Å². The molecule has 104 valence electrons. The molecular weight excluding hydrogens is 304 g/mol. The lowest BCUT2D eigenvalue weighted by atomic mass is 9.95. The van der Waals surface area contributed by atoms with Gasteiger partial charge in [-0.25, -0.2) is 0 Å². The predicted octanol–water partition coefficient (Wildman–Crippen LogP) is 2.36. The van der Waals surface area contributed by atoms with Gasteiger partial charge in [-0.05, 0) is 24.9 Å². The molecule has 2 atom stereocenters. The van der Waals surface area contributed by atoms with E-state index in [1.807, 2.05) is 6.07 Å². The smallest absolute Gasteiger partial charge is 0.221 e. The van der Waals surface area contributed by atoms with E-state index in [0.717, 1.165) is 37.8 Å². The van der Waals surface area contributed by atoms with E-state index in [-0.39, 0.29) is 11.8 Å². The standard InChI is InChI=1S/C15H21BrN2O/c16-9-14(12-5-2-1-3-6-12)11-18-8-4-7-13(10-18)15(17)19/h1-3,5-6,13-14H,4,7-11H2,(H2,17,19). The van der Waals surface area contributed by atoms with Gasteiger partial charge in [0.1, 0.15) is 0 Å². The predicted molar refractivity (Wildman–Crippen MR) is 81.3 cm³/mol. The molecular formula is C15H21BrN2O. The fraction of sp³-hybridized carbons (Fsp3) is 0.533. The maximum absolute atomic E-state index is 11.3. The summed E-state index contributed by atoms with van der Waals surface area (Å²) in [5.74, 6) is 0.341. The Hall–Kier alpha value is -0.870. The van der Waals surface area contributed by atoms with Gasteiger partial charge in [-0.2, -0.15) is 0 Å². The first-order chi connectivity index (χ1) is 9.20. The Kier molecular flexibility index (Phi) is 5.40. The Morgan fingerprint density at radius 2 is 2.16 bits per heavy atom. The second kappa shape index (κ2) is 7.06. The van der Waals surface area contributed by atoms with Gasteiger partial charge in [0.2, 0.25) is 5.91 Å². The summed E-state index contributed by atoms with van der Waals surface area (Å²) in [6, 6.07) is 10.5. The molecule has 1 fully saturated rings. The monoisotopic (exact) mass is 324 g/mol. The zero-order chi connectivity index (χ0) is 13.7. The van der Waals surface area contributed by atoms with Crippen LogP contribution in [0.25, 0.3) is 0 Å². The summed E-state index contributed by atoms with van der Waals surface area (Å²) in [7, 11) is 0. The van der Waals surface area contributed by atoms with Crippen LogP contribution in [0.5, 0.6) is 0 Å². The van der Waals surface area contributed by atoms with Crippen molar-refractivity contribution in [1.82, 2.24) is 4.90 Å². The first-order valence-corrected chi connectivity index (χ1v) is 7.95. The number of alkyl halides is 1. The fourth-order valence-electron chi connectivity index (χ4n) is 2.73. The largest absolute Gasteiger partial charge is 0.369 e. The number of nitrogens with zero attached hydrogens (tertiary/aromatic N) is 1. The summed E-state index contributed by atoms with van der Waals surface area (Å²) in [5, 5.41) is 0.939. The highest BCUT2D eigenvalue weighted by atomic mass is 79.9. The Labute approximate surface area is 123 Å². The highest BCUT2D eigenvalue weighted by molar-refractivity contribution is 9.09. The van der Waals surface area contributed by atoms with Crippen molar-refractivity contribution in [3.05, 3.63) is 35.9 Å². The average molecular weight is 325 g/mol. The zero-order valence-electron chi connectivity index (χ0n) is 11.1. The molecule has 0 aromatic heterocycles.